The highest BCUT2D eigenvalue weighted by Gasteiger charge is 2.09. The zero-order valence-electron chi connectivity index (χ0n) is 11.1. The molecule has 0 aliphatic heterocycles. The Labute approximate surface area is 104 Å². The Morgan fingerprint density at radius 3 is 2.47 bits per heavy atom. The first kappa shape index (κ1) is 13.7. The molecule has 0 radical (unpaired) electrons. The molecule has 3 nitrogen and oxygen atoms in total. The minimum atomic E-state index is 0.00630. The van der Waals surface area contributed by atoms with Crippen molar-refractivity contribution in [1.82, 2.24) is 5.32 Å². The molecular formula is C14H22N2O. The third-order valence-corrected chi connectivity index (χ3v) is 3.00. The van der Waals surface area contributed by atoms with Gasteiger partial charge in [-0.25, -0.2) is 0 Å². The summed E-state index contributed by atoms with van der Waals surface area (Å²) in [7, 11) is 0. The smallest absolute Gasteiger partial charge is 0.238 e. The van der Waals surface area contributed by atoms with Gasteiger partial charge in [0.2, 0.25) is 5.91 Å². The Hall–Kier alpha value is -1.35. The fraction of sp³-hybridized carbons (Fsp3) is 0.500. The molecule has 17 heavy (non-hydrogen) atoms. The minimum absolute atomic E-state index is 0.00630. The maximum atomic E-state index is 11.7. The molecule has 0 saturated carbocycles. The lowest BCUT2D eigenvalue weighted by Gasteiger charge is -2.17. The third-order valence-electron chi connectivity index (χ3n) is 3.00. The van der Waals surface area contributed by atoms with Crippen molar-refractivity contribution in [1.29, 1.82) is 0 Å². The molecule has 1 rings (SSSR count). The van der Waals surface area contributed by atoms with Gasteiger partial charge in [-0.1, -0.05) is 32.0 Å². The van der Waals surface area contributed by atoms with Gasteiger partial charge in [0.05, 0.1) is 6.54 Å². The molecule has 0 fully saturated rings. The van der Waals surface area contributed by atoms with Gasteiger partial charge < -0.3 is 10.6 Å². The lowest BCUT2D eigenvalue weighted by molar-refractivity contribution is -0.115. The van der Waals surface area contributed by atoms with E-state index in [0.717, 1.165) is 11.3 Å². The van der Waals surface area contributed by atoms with E-state index in [1.807, 2.05) is 31.2 Å². The summed E-state index contributed by atoms with van der Waals surface area (Å²) in [6.45, 7) is 8.70. The first-order chi connectivity index (χ1) is 8.00. The van der Waals surface area contributed by atoms with Crippen LogP contribution in [0.2, 0.25) is 0 Å². The lowest BCUT2D eigenvalue weighted by atomic mass is 10.1. The summed E-state index contributed by atoms with van der Waals surface area (Å²) in [5.41, 5.74) is 1.97. The number of benzene rings is 1. The Bertz CT molecular complexity index is 374. The molecule has 1 atom stereocenters. The Balaban J connectivity index is 2.43. The van der Waals surface area contributed by atoms with Crippen molar-refractivity contribution in [3.8, 4) is 0 Å². The summed E-state index contributed by atoms with van der Waals surface area (Å²) < 4.78 is 0. The van der Waals surface area contributed by atoms with Crippen LogP contribution in [-0.4, -0.2) is 18.5 Å². The van der Waals surface area contributed by atoms with Crippen LogP contribution in [-0.2, 0) is 4.79 Å². The topological polar surface area (TPSA) is 41.1 Å². The van der Waals surface area contributed by atoms with Crippen LogP contribution in [0.3, 0.4) is 0 Å². The predicted molar refractivity (Wildman–Crippen MR) is 72.1 cm³/mol. The van der Waals surface area contributed by atoms with Gasteiger partial charge in [-0.2, -0.15) is 0 Å². The molecule has 2 N–H and O–H groups in total. The van der Waals surface area contributed by atoms with Gasteiger partial charge >= 0.3 is 0 Å². The Morgan fingerprint density at radius 2 is 1.88 bits per heavy atom. The quantitative estimate of drug-likeness (QED) is 0.822. The molecule has 1 aromatic rings. The van der Waals surface area contributed by atoms with E-state index in [4.69, 9.17) is 0 Å². The summed E-state index contributed by atoms with van der Waals surface area (Å²) in [4.78, 5) is 11.7. The number of carbonyl (C=O) groups is 1. The van der Waals surface area contributed by atoms with Crippen molar-refractivity contribution in [2.24, 2.45) is 5.92 Å². The number of anilines is 1. The molecule has 0 saturated heterocycles. The van der Waals surface area contributed by atoms with Crippen molar-refractivity contribution in [3.05, 3.63) is 29.8 Å². The highest BCUT2D eigenvalue weighted by Crippen LogP contribution is 2.12. The summed E-state index contributed by atoms with van der Waals surface area (Å²) in [6.07, 6.45) is 0. The van der Waals surface area contributed by atoms with Gasteiger partial charge in [0.25, 0.3) is 0 Å². The second kappa shape index (κ2) is 6.40. The van der Waals surface area contributed by atoms with Crippen molar-refractivity contribution < 1.29 is 4.79 Å². The average molecular weight is 234 g/mol. The van der Waals surface area contributed by atoms with E-state index < -0.39 is 0 Å². The largest absolute Gasteiger partial charge is 0.325 e. The second-order valence-electron chi connectivity index (χ2n) is 4.78. The average Bonchev–Trinajstić information content (AvgIpc) is 2.29. The normalized spacial score (nSPS) is 12.5. The van der Waals surface area contributed by atoms with Gasteiger partial charge in [0.15, 0.2) is 0 Å². The highest BCUT2D eigenvalue weighted by molar-refractivity contribution is 5.92. The Kier molecular flexibility index (Phi) is 5.16. The summed E-state index contributed by atoms with van der Waals surface area (Å²) >= 11 is 0. The Morgan fingerprint density at radius 1 is 1.24 bits per heavy atom. The molecule has 0 heterocycles. The highest BCUT2D eigenvalue weighted by atomic mass is 16.1. The number of hydrogen-bond donors (Lipinski definition) is 2. The lowest BCUT2D eigenvalue weighted by Crippen LogP contribution is -2.37. The van der Waals surface area contributed by atoms with E-state index in [1.54, 1.807) is 0 Å². The molecule has 1 amide bonds. The van der Waals surface area contributed by atoms with Gasteiger partial charge in [0, 0.05) is 11.7 Å². The summed E-state index contributed by atoms with van der Waals surface area (Å²) in [5, 5.41) is 6.11. The fourth-order valence-corrected chi connectivity index (χ4v) is 1.40. The zero-order valence-corrected chi connectivity index (χ0v) is 11.1. The van der Waals surface area contributed by atoms with Crippen LogP contribution in [0.4, 0.5) is 5.69 Å². The van der Waals surface area contributed by atoms with Crippen molar-refractivity contribution in [2.75, 3.05) is 11.9 Å². The maximum absolute atomic E-state index is 11.7. The van der Waals surface area contributed by atoms with Crippen LogP contribution in [0, 0.1) is 12.8 Å². The van der Waals surface area contributed by atoms with Gasteiger partial charge in [-0.3, -0.25) is 4.79 Å². The number of carbonyl (C=O) groups excluding carboxylic acids is 1. The van der Waals surface area contributed by atoms with E-state index in [-0.39, 0.29) is 5.91 Å². The fourth-order valence-electron chi connectivity index (χ4n) is 1.40. The summed E-state index contributed by atoms with van der Waals surface area (Å²) in [5.74, 6) is 0.535. The van der Waals surface area contributed by atoms with Crippen molar-refractivity contribution >= 4 is 11.6 Å². The van der Waals surface area contributed by atoms with E-state index in [9.17, 15) is 4.79 Å². The zero-order chi connectivity index (χ0) is 12.8. The predicted octanol–water partition coefficient (Wildman–Crippen LogP) is 2.57. The van der Waals surface area contributed by atoms with Crippen LogP contribution in [0.5, 0.6) is 0 Å². The standard InChI is InChI=1S/C14H22N2O/c1-10(2)12(4)15-9-14(17)16-13-8-6-5-7-11(13)3/h5-8,10,12,15H,9H2,1-4H3,(H,16,17). The molecule has 1 unspecified atom stereocenters. The van der Waals surface area contributed by atoms with E-state index in [2.05, 4.69) is 31.4 Å². The summed E-state index contributed by atoms with van der Waals surface area (Å²) in [6, 6.07) is 8.13. The minimum Gasteiger partial charge on any atom is -0.325 e. The van der Waals surface area contributed by atoms with E-state index >= 15 is 0 Å². The number of hydrogen-bond acceptors (Lipinski definition) is 2. The van der Waals surface area contributed by atoms with Crippen LogP contribution in [0.15, 0.2) is 24.3 Å². The molecule has 1 aromatic carbocycles. The molecular weight excluding hydrogens is 212 g/mol. The molecule has 0 bridgehead atoms. The number of nitrogens with one attached hydrogen (secondary N) is 2. The molecule has 94 valence electrons. The first-order valence-corrected chi connectivity index (χ1v) is 6.09. The van der Waals surface area contributed by atoms with Crippen LogP contribution in [0.1, 0.15) is 26.3 Å². The molecule has 0 aliphatic rings. The van der Waals surface area contributed by atoms with E-state index in [0.29, 0.717) is 18.5 Å². The number of rotatable bonds is 5. The van der Waals surface area contributed by atoms with Gasteiger partial charge in [-0.05, 0) is 31.4 Å². The SMILES string of the molecule is Cc1ccccc1NC(=O)CNC(C)C(C)C. The van der Waals surface area contributed by atoms with Crippen LogP contribution in [0.25, 0.3) is 0 Å². The van der Waals surface area contributed by atoms with Gasteiger partial charge in [0.1, 0.15) is 0 Å². The molecule has 0 aromatic heterocycles. The molecule has 3 heteroatoms. The third kappa shape index (κ3) is 4.57. The van der Waals surface area contributed by atoms with Gasteiger partial charge in [-0.15, -0.1) is 0 Å². The van der Waals surface area contributed by atoms with E-state index in [1.165, 1.54) is 0 Å². The van der Waals surface area contributed by atoms with Crippen LogP contribution < -0.4 is 10.6 Å². The molecule has 0 spiro atoms. The number of para-hydroxylation sites is 1. The van der Waals surface area contributed by atoms with Crippen molar-refractivity contribution in [3.63, 3.8) is 0 Å². The monoisotopic (exact) mass is 234 g/mol. The maximum Gasteiger partial charge on any atom is 0.238 e. The number of amides is 1. The second-order valence-corrected chi connectivity index (χ2v) is 4.78. The van der Waals surface area contributed by atoms with Crippen LogP contribution >= 0.6 is 0 Å². The molecule has 0 aliphatic carbocycles. The number of aryl methyl sites for hydroxylation is 1. The first-order valence-electron chi connectivity index (χ1n) is 6.09. The van der Waals surface area contributed by atoms with Crippen molar-refractivity contribution in [2.45, 2.75) is 33.7 Å².